The zero-order chi connectivity index (χ0) is 54.6. The smallest absolute Gasteiger partial charge is 0.306 e. The molecule has 4 unspecified atom stereocenters. The number of hydrogen-bond donors (Lipinski definition) is 7. The van der Waals surface area contributed by atoms with Gasteiger partial charge in [0.05, 0.1) is 19.8 Å². The first kappa shape index (κ1) is 69.3. The molecule has 2 rings (SSSR count). The fraction of sp³-hybridized carbons (Fsp3) is 0.933. The van der Waals surface area contributed by atoms with Crippen LogP contribution in [-0.4, -0.2) is 142 Å². The second-order valence-electron chi connectivity index (χ2n) is 21.9. The van der Waals surface area contributed by atoms with E-state index in [1.807, 2.05) is 0 Å². The van der Waals surface area contributed by atoms with Gasteiger partial charge in [-0.05, 0) is 38.5 Å². The molecule has 0 saturated carbocycles. The third-order valence-corrected chi connectivity index (χ3v) is 15.0. The zero-order valence-corrected chi connectivity index (χ0v) is 47.3. The SMILES string of the molecule is CCCCCCCC/C=C/CCCCCCCCCCCC(=O)O[C@@H](COC(=O)CCCCCCCCCCCCCCCCCCCCCC)CO[C@@H]1O[C@H](CO[C@@H]2O[C@H](CO)[C@H](O)C(O)C2O)[C@H](O)C(O)C1O. The van der Waals surface area contributed by atoms with Gasteiger partial charge in [-0.2, -0.15) is 0 Å². The molecule has 2 aliphatic heterocycles. The topological polar surface area (TPSA) is 231 Å². The molecule has 0 bridgehead atoms. The van der Waals surface area contributed by atoms with Crippen molar-refractivity contribution in [3.05, 3.63) is 12.2 Å². The van der Waals surface area contributed by atoms with Crippen molar-refractivity contribution >= 4 is 11.9 Å². The van der Waals surface area contributed by atoms with Gasteiger partial charge in [-0.3, -0.25) is 9.59 Å². The predicted octanol–water partition coefficient (Wildman–Crippen LogP) is 10.9. The molecule has 15 heteroatoms. The second-order valence-corrected chi connectivity index (χ2v) is 21.9. The first-order chi connectivity index (χ1) is 36.5. The van der Waals surface area contributed by atoms with Crippen LogP contribution >= 0.6 is 0 Å². The van der Waals surface area contributed by atoms with Crippen LogP contribution in [0.2, 0.25) is 0 Å². The molecule has 0 aromatic carbocycles. The van der Waals surface area contributed by atoms with E-state index in [1.54, 1.807) is 0 Å². The van der Waals surface area contributed by atoms with E-state index in [0.717, 1.165) is 44.9 Å². The quantitative estimate of drug-likeness (QED) is 0.0171. The number of unbranched alkanes of at least 4 members (excludes halogenated alkanes) is 34. The molecule has 2 aliphatic rings. The van der Waals surface area contributed by atoms with Gasteiger partial charge >= 0.3 is 11.9 Å². The van der Waals surface area contributed by atoms with Crippen LogP contribution < -0.4 is 0 Å². The van der Waals surface area contributed by atoms with E-state index in [9.17, 15) is 45.3 Å². The van der Waals surface area contributed by atoms with Crippen LogP contribution in [0.15, 0.2) is 12.2 Å². The number of carbonyl (C=O) groups excluding carboxylic acids is 2. The Kier molecular flexibility index (Phi) is 43.5. The number of carbonyl (C=O) groups is 2. The highest BCUT2D eigenvalue weighted by atomic mass is 16.7. The molecule has 2 saturated heterocycles. The van der Waals surface area contributed by atoms with Gasteiger partial charge in [-0.25, -0.2) is 0 Å². The Labute approximate surface area is 454 Å². The van der Waals surface area contributed by atoms with Gasteiger partial charge in [0.25, 0.3) is 0 Å². The lowest BCUT2D eigenvalue weighted by atomic mass is 9.98. The fourth-order valence-electron chi connectivity index (χ4n) is 9.98. The molecule has 0 radical (unpaired) electrons. The minimum Gasteiger partial charge on any atom is -0.462 e. The van der Waals surface area contributed by atoms with E-state index >= 15 is 0 Å². The summed E-state index contributed by atoms with van der Waals surface area (Å²) < 4.78 is 33.8. The van der Waals surface area contributed by atoms with Crippen LogP contribution in [0.1, 0.15) is 264 Å². The third-order valence-electron chi connectivity index (χ3n) is 15.0. The van der Waals surface area contributed by atoms with E-state index in [4.69, 9.17) is 28.4 Å². The maximum Gasteiger partial charge on any atom is 0.306 e. The van der Waals surface area contributed by atoms with Crippen LogP contribution in [0.25, 0.3) is 0 Å². The monoisotopic (exact) mass is 1070 g/mol. The van der Waals surface area contributed by atoms with Crippen molar-refractivity contribution in [2.45, 2.75) is 332 Å². The molecule has 0 aromatic rings. The zero-order valence-electron chi connectivity index (χ0n) is 47.3. The maximum absolute atomic E-state index is 13.1. The normalized spacial score (nSPS) is 24.5. The number of rotatable bonds is 50. The summed E-state index contributed by atoms with van der Waals surface area (Å²) in [4.78, 5) is 25.9. The van der Waals surface area contributed by atoms with Crippen molar-refractivity contribution in [2.75, 3.05) is 26.4 Å². The van der Waals surface area contributed by atoms with Crippen molar-refractivity contribution in [2.24, 2.45) is 0 Å². The number of esters is 2. The van der Waals surface area contributed by atoms with Gasteiger partial charge in [0.2, 0.25) is 0 Å². The minimum absolute atomic E-state index is 0.168. The highest BCUT2D eigenvalue weighted by Gasteiger charge is 2.47. The van der Waals surface area contributed by atoms with Gasteiger partial charge in [0.15, 0.2) is 18.7 Å². The Hall–Kier alpha value is -1.76. The number of aliphatic hydroxyl groups is 7. The second kappa shape index (κ2) is 47.1. The van der Waals surface area contributed by atoms with Crippen LogP contribution in [-0.2, 0) is 38.0 Å². The predicted molar refractivity (Wildman–Crippen MR) is 294 cm³/mol. The molecule has 7 N–H and O–H groups in total. The lowest BCUT2D eigenvalue weighted by Crippen LogP contribution is -2.61. The van der Waals surface area contributed by atoms with Gasteiger partial charge < -0.3 is 64.2 Å². The number of aliphatic hydroxyl groups excluding tert-OH is 7. The maximum atomic E-state index is 13.1. The van der Waals surface area contributed by atoms with Gasteiger partial charge in [-0.15, -0.1) is 0 Å². The minimum atomic E-state index is -1.76. The molecule has 2 fully saturated rings. The molecule has 0 spiro atoms. The fourth-order valence-corrected chi connectivity index (χ4v) is 9.98. The summed E-state index contributed by atoms with van der Waals surface area (Å²) in [7, 11) is 0. The summed E-state index contributed by atoms with van der Waals surface area (Å²) in [6.07, 6.45) is 33.7. The molecular weight excluding hydrogens is 961 g/mol. The summed E-state index contributed by atoms with van der Waals surface area (Å²) in [6.45, 7) is 2.65. The van der Waals surface area contributed by atoms with E-state index < -0.39 is 92.7 Å². The summed E-state index contributed by atoms with van der Waals surface area (Å²) in [5.74, 6) is -0.909. The molecule has 442 valence electrons. The Morgan fingerprint density at radius 2 is 0.760 bits per heavy atom. The largest absolute Gasteiger partial charge is 0.462 e. The molecule has 0 aromatic heterocycles. The molecule has 11 atom stereocenters. The van der Waals surface area contributed by atoms with Crippen LogP contribution in [0.3, 0.4) is 0 Å². The molecular formula is C60H112O15. The number of hydrogen-bond acceptors (Lipinski definition) is 15. The first-order valence-electron chi connectivity index (χ1n) is 30.8. The van der Waals surface area contributed by atoms with Gasteiger partial charge in [0.1, 0.15) is 55.4 Å². The number of ether oxygens (including phenoxy) is 6. The average Bonchev–Trinajstić information content (AvgIpc) is 3.40. The summed E-state index contributed by atoms with van der Waals surface area (Å²) in [6, 6.07) is 0. The highest BCUT2D eigenvalue weighted by Crippen LogP contribution is 2.27. The van der Waals surface area contributed by atoms with Crippen LogP contribution in [0.4, 0.5) is 0 Å². The number of allylic oxidation sites excluding steroid dienone is 2. The summed E-state index contributed by atoms with van der Waals surface area (Å²) in [5, 5.41) is 72.4. The molecule has 0 amide bonds. The molecule has 75 heavy (non-hydrogen) atoms. The van der Waals surface area contributed by atoms with Gasteiger partial charge in [0, 0.05) is 12.8 Å². The average molecular weight is 1070 g/mol. The van der Waals surface area contributed by atoms with E-state index in [-0.39, 0.29) is 26.1 Å². The Bertz CT molecular complexity index is 1350. The van der Waals surface area contributed by atoms with Crippen molar-refractivity contribution in [3.63, 3.8) is 0 Å². The van der Waals surface area contributed by atoms with Crippen molar-refractivity contribution in [1.29, 1.82) is 0 Å². The Morgan fingerprint density at radius 1 is 0.413 bits per heavy atom. The van der Waals surface area contributed by atoms with Crippen LogP contribution in [0.5, 0.6) is 0 Å². The molecule has 15 nitrogen and oxygen atoms in total. The third kappa shape index (κ3) is 34.1. The first-order valence-corrected chi connectivity index (χ1v) is 30.8. The summed E-state index contributed by atoms with van der Waals surface area (Å²) in [5.41, 5.74) is 0. The van der Waals surface area contributed by atoms with E-state index in [2.05, 4.69) is 26.0 Å². The summed E-state index contributed by atoms with van der Waals surface area (Å²) >= 11 is 0. The van der Waals surface area contributed by atoms with Crippen molar-refractivity contribution < 1.29 is 73.8 Å². The van der Waals surface area contributed by atoms with Crippen molar-refractivity contribution in [1.82, 2.24) is 0 Å². The van der Waals surface area contributed by atoms with E-state index in [1.165, 1.54) is 180 Å². The Balaban J connectivity index is 1.72. The van der Waals surface area contributed by atoms with E-state index in [0.29, 0.717) is 12.8 Å². The van der Waals surface area contributed by atoms with Crippen LogP contribution in [0, 0.1) is 0 Å². The Morgan fingerprint density at radius 3 is 1.17 bits per heavy atom. The molecule has 2 heterocycles. The lowest BCUT2D eigenvalue weighted by molar-refractivity contribution is -0.332. The molecule has 0 aliphatic carbocycles. The van der Waals surface area contributed by atoms with Gasteiger partial charge in [-0.1, -0.05) is 225 Å². The standard InChI is InChI=1S/C60H112O15/c1-3-5-7-9-11-13-15-17-19-21-23-25-26-28-30-32-34-36-38-40-42-51(62)70-45-48(73-52(63)43-41-39-37-35-33-31-29-27-24-22-20-18-16-14-12-10-8-6-4-2)46-71-59-58(69)56(67)54(65)50(75-59)47-72-60-57(68)55(66)53(64)49(44-61)74-60/h18,20,48-50,53-61,64-69H,3-17,19,21-47H2,1-2H3/b20-18+/t48-,49+,50+,53-,54-,55?,56?,57?,58?,59+,60+/m0/s1. The van der Waals surface area contributed by atoms with Crippen molar-refractivity contribution in [3.8, 4) is 0 Å². The lowest BCUT2D eigenvalue weighted by Gasteiger charge is -2.42. The highest BCUT2D eigenvalue weighted by molar-refractivity contribution is 5.70.